The summed E-state index contributed by atoms with van der Waals surface area (Å²) in [4.78, 5) is 13.8. The fourth-order valence-electron chi connectivity index (χ4n) is 1.28. The van der Waals surface area contributed by atoms with Gasteiger partial charge >= 0.3 is 0 Å². The van der Waals surface area contributed by atoms with Gasteiger partial charge in [-0.1, -0.05) is 5.16 Å². The smallest absolute Gasteiger partial charge is 0.255 e. The van der Waals surface area contributed by atoms with Gasteiger partial charge in [-0.3, -0.25) is 4.79 Å². The standard InChI is InChI=1S/C10H14IN3O2S/c1-6(2)14(4-9(12)13-16)10(15)7-3-8(11)17-5-7/h3,5-6,16H,4H2,1-2H3,(H2,12,13). The van der Waals surface area contributed by atoms with E-state index in [2.05, 4.69) is 27.7 Å². The summed E-state index contributed by atoms with van der Waals surface area (Å²) in [7, 11) is 0. The zero-order chi connectivity index (χ0) is 13.0. The molecule has 1 heterocycles. The van der Waals surface area contributed by atoms with Crippen LogP contribution in [0.15, 0.2) is 16.6 Å². The molecular formula is C10H14IN3O2S. The van der Waals surface area contributed by atoms with Crippen LogP contribution in [-0.4, -0.2) is 34.4 Å². The highest BCUT2D eigenvalue weighted by molar-refractivity contribution is 14.1. The molecule has 0 unspecified atom stereocenters. The van der Waals surface area contributed by atoms with Crippen LogP contribution in [0.25, 0.3) is 0 Å². The fourth-order valence-corrected chi connectivity index (χ4v) is 2.60. The molecule has 94 valence electrons. The molecule has 0 aliphatic rings. The van der Waals surface area contributed by atoms with E-state index >= 15 is 0 Å². The number of oxime groups is 1. The first-order valence-corrected chi connectivity index (χ1v) is 6.93. The number of halogens is 1. The van der Waals surface area contributed by atoms with Gasteiger partial charge in [0.2, 0.25) is 0 Å². The van der Waals surface area contributed by atoms with Gasteiger partial charge in [-0.05, 0) is 42.5 Å². The average molecular weight is 367 g/mol. The predicted molar refractivity (Wildman–Crippen MR) is 76.6 cm³/mol. The molecular weight excluding hydrogens is 353 g/mol. The van der Waals surface area contributed by atoms with Crippen LogP contribution in [0.2, 0.25) is 0 Å². The molecule has 5 nitrogen and oxygen atoms in total. The minimum Gasteiger partial charge on any atom is -0.409 e. The average Bonchev–Trinajstić information content (AvgIpc) is 2.71. The summed E-state index contributed by atoms with van der Waals surface area (Å²) in [6, 6.07) is 1.82. The van der Waals surface area contributed by atoms with Crippen LogP contribution in [0.5, 0.6) is 0 Å². The molecule has 17 heavy (non-hydrogen) atoms. The van der Waals surface area contributed by atoms with E-state index in [4.69, 9.17) is 10.9 Å². The van der Waals surface area contributed by atoms with Crippen LogP contribution in [0.4, 0.5) is 0 Å². The Morgan fingerprint density at radius 1 is 1.71 bits per heavy atom. The second-order valence-corrected chi connectivity index (χ2v) is 6.56. The SMILES string of the molecule is CC(C)N(CC(N)=NO)C(=O)c1csc(I)c1. The van der Waals surface area contributed by atoms with E-state index < -0.39 is 0 Å². The van der Waals surface area contributed by atoms with Crippen LogP contribution in [0, 0.1) is 2.88 Å². The Labute approximate surface area is 117 Å². The van der Waals surface area contributed by atoms with Crippen molar-refractivity contribution in [2.24, 2.45) is 10.9 Å². The summed E-state index contributed by atoms with van der Waals surface area (Å²) in [6.45, 7) is 3.90. The minimum atomic E-state index is -0.106. The van der Waals surface area contributed by atoms with E-state index in [-0.39, 0.29) is 24.3 Å². The number of rotatable bonds is 4. The Hall–Kier alpha value is -0.830. The van der Waals surface area contributed by atoms with E-state index in [1.807, 2.05) is 25.3 Å². The lowest BCUT2D eigenvalue weighted by molar-refractivity contribution is 0.0734. The third-order valence-corrected chi connectivity index (χ3v) is 3.95. The van der Waals surface area contributed by atoms with Crippen molar-refractivity contribution in [2.45, 2.75) is 19.9 Å². The van der Waals surface area contributed by atoms with Crippen LogP contribution in [0.1, 0.15) is 24.2 Å². The first kappa shape index (κ1) is 14.2. The Morgan fingerprint density at radius 3 is 2.76 bits per heavy atom. The first-order valence-electron chi connectivity index (χ1n) is 4.97. The number of amides is 1. The maximum absolute atomic E-state index is 12.2. The zero-order valence-corrected chi connectivity index (χ0v) is 12.5. The first-order chi connectivity index (χ1) is 7.95. The maximum Gasteiger partial charge on any atom is 0.255 e. The summed E-state index contributed by atoms with van der Waals surface area (Å²) in [5.74, 6) is -0.0808. The number of thiophene rings is 1. The molecule has 0 fully saturated rings. The highest BCUT2D eigenvalue weighted by atomic mass is 127. The number of carbonyl (C=O) groups excluding carboxylic acids is 1. The third-order valence-electron chi connectivity index (χ3n) is 2.16. The Morgan fingerprint density at radius 2 is 2.35 bits per heavy atom. The second kappa shape index (κ2) is 6.20. The molecule has 0 bridgehead atoms. The number of hydrogen-bond donors (Lipinski definition) is 2. The molecule has 0 saturated heterocycles. The highest BCUT2D eigenvalue weighted by Crippen LogP contribution is 2.18. The summed E-state index contributed by atoms with van der Waals surface area (Å²) in [5.41, 5.74) is 6.08. The molecule has 1 amide bonds. The fraction of sp³-hybridized carbons (Fsp3) is 0.400. The summed E-state index contributed by atoms with van der Waals surface area (Å²) in [5, 5.41) is 13.3. The third kappa shape index (κ3) is 3.84. The van der Waals surface area contributed by atoms with Gasteiger partial charge in [0.15, 0.2) is 5.84 Å². The van der Waals surface area contributed by atoms with Crippen molar-refractivity contribution in [3.05, 3.63) is 19.9 Å². The molecule has 0 aliphatic carbocycles. The Bertz CT molecular complexity index is 431. The molecule has 0 spiro atoms. The molecule has 1 aromatic heterocycles. The Kier molecular flexibility index (Phi) is 5.19. The number of nitrogens with two attached hydrogens (primary N) is 1. The van der Waals surface area contributed by atoms with Crippen molar-refractivity contribution >= 4 is 45.7 Å². The highest BCUT2D eigenvalue weighted by Gasteiger charge is 2.20. The molecule has 0 radical (unpaired) electrons. The van der Waals surface area contributed by atoms with Crippen LogP contribution in [-0.2, 0) is 0 Å². The quantitative estimate of drug-likeness (QED) is 0.281. The molecule has 0 atom stereocenters. The monoisotopic (exact) mass is 367 g/mol. The van der Waals surface area contributed by atoms with Crippen molar-refractivity contribution in [2.75, 3.05) is 6.54 Å². The van der Waals surface area contributed by atoms with Crippen LogP contribution < -0.4 is 5.73 Å². The summed E-state index contributed by atoms with van der Waals surface area (Å²) >= 11 is 3.68. The summed E-state index contributed by atoms with van der Waals surface area (Å²) < 4.78 is 1.05. The van der Waals surface area contributed by atoms with Gasteiger partial charge in [-0.2, -0.15) is 0 Å². The number of nitrogens with zero attached hydrogens (tertiary/aromatic N) is 2. The van der Waals surface area contributed by atoms with Gasteiger partial charge in [0.1, 0.15) is 0 Å². The van der Waals surface area contributed by atoms with Crippen LogP contribution >= 0.6 is 33.9 Å². The molecule has 0 aliphatic heterocycles. The van der Waals surface area contributed by atoms with Gasteiger partial charge in [0.05, 0.1) is 15.0 Å². The van der Waals surface area contributed by atoms with Crippen molar-refractivity contribution in [1.29, 1.82) is 0 Å². The molecule has 0 aromatic carbocycles. The largest absolute Gasteiger partial charge is 0.409 e. The van der Waals surface area contributed by atoms with Crippen molar-refractivity contribution in [1.82, 2.24) is 4.90 Å². The molecule has 1 rings (SSSR count). The van der Waals surface area contributed by atoms with Gasteiger partial charge in [0, 0.05) is 11.4 Å². The van der Waals surface area contributed by atoms with Crippen molar-refractivity contribution in [3.8, 4) is 0 Å². The van der Waals surface area contributed by atoms with Gasteiger partial charge in [-0.15, -0.1) is 11.3 Å². The lowest BCUT2D eigenvalue weighted by Gasteiger charge is -2.25. The summed E-state index contributed by atoms with van der Waals surface area (Å²) in [6.07, 6.45) is 0. The maximum atomic E-state index is 12.2. The van der Waals surface area contributed by atoms with E-state index in [1.54, 1.807) is 4.90 Å². The topological polar surface area (TPSA) is 78.9 Å². The van der Waals surface area contributed by atoms with Crippen molar-refractivity contribution in [3.63, 3.8) is 0 Å². The number of amidine groups is 1. The molecule has 1 aromatic rings. The minimum absolute atomic E-state index is 0.0136. The second-order valence-electron chi connectivity index (χ2n) is 3.76. The van der Waals surface area contributed by atoms with Crippen molar-refractivity contribution < 1.29 is 10.0 Å². The van der Waals surface area contributed by atoms with Crippen LogP contribution in [0.3, 0.4) is 0 Å². The van der Waals surface area contributed by atoms with E-state index in [9.17, 15) is 4.79 Å². The lowest BCUT2D eigenvalue weighted by Crippen LogP contribution is -2.42. The lowest BCUT2D eigenvalue weighted by atomic mass is 10.2. The van der Waals surface area contributed by atoms with Gasteiger partial charge in [-0.25, -0.2) is 0 Å². The predicted octanol–water partition coefficient (Wildman–Crippen LogP) is 1.95. The molecule has 3 N–H and O–H groups in total. The molecule has 7 heteroatoms. The van der Waals surface area contributed by atoms with Gasteiger partial charge in [0.25, 0.3) is 5.91 Å². The van der Waals surface area contributed by atoms with E-state index in [1.165, 1.54) is 11.3 Å². The Balaban J connectivity index is 2.88. The van der Waals surface area contributed by atoms with E-state index in [0.29, 0.717) is 5.56 Å². The van der Waals surface area contributed by atoms with Gasteiger partial charge < -0.3 is 15.8 Å². The zero-order valence-electron chi connectivity index (χ0n) is 9.55. The number of carbonyl (C=O) groups is 1. The normalized spacial score (nSPS) is 11.9. The molecule has 0 saturated carbocycles. The van der Waals surface area contributed by atoms with E-state index in [0.717, 1.165) is 2.88 Å². The number of hydrogen-bond acceptors (Lipinski definition) is 4.